The molecule has 4 heteroatoms. The fourth-order valence-corrected chi connectivity index (χ4v) is 41.1. The molecule has 3 unspecified atom stereocenters. The Morgan fingerprint density at radius 2 is 1.10 bits per heavy atom. The first-order chi connectivity index (χ1) is 23.4. The minimum atomic E-state index is -4.86. The van der Waals surface area contributed by atoms with E-state index in [1.54, 1.807) is 0 Å². The van der Waals surface area contributed by atoms with Crippen LogP contribution in [0.3, 0.4) is 0 Å². The van der Waals surface area contributed by atoms with Crippen molar-refractivity contribution in [2.75, 3.05) is 0 Å². The van der Waals surface area contributed by atoms with Gasteiger partial charge in [0.15, 0.2) is 0 Å². The SMILES string of the molecule is CCCC(C)C1=Cc2c(-c3ccc(C(C)(C)C)cc3)cccc2[CH]1[Zr]([Cl])([Cl])([CH]1C(C)=Cc2c(-c3ccc(C(C)(C)C)cc3)cccc21)[SiH](C)C. The topological polar surface area (TPSA) is 0 Å². The average Bonchev–Trinajstić information content (AvgIpc) is 3.63. The van der Waals surface area contributed by atoms with Gasteiger partial charge in [-0.1, -0.05) is 0 Å². The number of halogens is 2. The van der Waals surface area contributed by atoms with Crippen LogP contribution >= 0.6 is 17.0 Å². The molecule has 50 heavy (non-hydrogen) atoms. The summed E-state index contributed by atoms with van der Waals surface area (Å²) in [6.45, 7) is 25.6. The van der Waals surface area contributed by atoms with Gasteiger partial charge in [-0.2, -0.15) is 0 Å². The predicted octanol–water partition coefficient (Wildman–Crippen LogP) is 14.6. The van der Waals surface area contributed by atoms with Gasteiger partial charge in [-0.05, 0) is 0 Å². The van der Waals surface area contributed by atoms with E-state index in [1.807, 2.05) is 0 Å². The molecule has 0 bridgehead atoms. The van der Waals surface area contributed by atoms with Crippen LogP contribution in [-0.2, 0) is 26.4 Å². The minimum absolute atomic E-state index is 0.0816. The maximum absolute atomic E-state index is 8.73. The van der Waals surface area contributed by atoms with Crippen LogP contribution in [0.2, 0.25) is 13.1 Å². The summed E-state index contributed by atoms with van der Waals surface area (Å²) in [5.41, 5.74) is 16.2. The second-order valence-electron chi connectivity index (χ2n) is 17.7. The number of fused-ring (bicyclic) bond motifs is 2. The van der Waals surface area contributed by atoms with Crippen molar-refractivity contribution < 1.29 is 15.6 Å². The molecule has 263 valence electrons. The molecular formula is C46H57Cl2SiZr. The van der Waals surface area contributed by atoms with Gasteiger partial charge in [0.05, 0.1) is 0 Å². The third kappa shape index (κ3) is 6.37. The van der Waals surface area contributed by atoms with Crippen molar-refractivity contribution in [3.8, 4) is 22.3 Å². The molecule has 4 aromatic rings. The molecule has 0 fully saturated rings. The molecule has 0 spiro atoms. The van der Waals surface area contributed by atoms with Crippen molar-refractivity contribution in [2.45, 2.75) is 106 Å². The second kappa shape index (κ2) is 13.5. The van der Waals surface area contributed by atoms with Gasteiger partial charge in [0.25, 0.3) is 0 Å². The zero-order valence-electron chi connectivity index (χ0n) is 32.2. The molecule has 0 radical (unpaired) electrons. The van der Waals surface area contributed by atoms with Crippen molar-refractivity contribution in [1.29, 1.82) is 0 Å². The number of benzene rings is 4. The fourth-order valence-electron chi connectivity index (χ4n) is 8.99. The first kappa shape index (κ1) is 37.8. The van der Waals surface area contributed by atoms with Crippen molar-refractivity contribution in [3.05, 3.63) is 129 Å². The van der Waals surface area contributed by atoms with E-state index in [1.165, 1.54) is 66.8 Å². The van der Waals surface area contributed by atoms with Crippen LogP contribution in [0.15, 0.2) is 96.1 Å². The Labute approximate surface area is 312 Å². The van der Waals surface area contributed by atoms with Gasteiger partial charge in [-0.25, -0.2) is 0 Å². The van der Waals surface area contributed by atoms with Crippen LogP contribution in [0.5, 0.6) is 0 Å². The summed E-state index contributed by atoms with van der Waals surface area (Å²) >= 11 is -4.86. The van der Waals surface area contributed by atoms with Crippen LogP contribution in [0.25, 0.3) is 34.4 Å². The van der Waals surface area contributed by atoms with E-state index in [0.29, 0.717) is 5.92 Å². The molecule has 0 saturated heterocycles. The van der Waals surface area contributed by atoms with Crippen LogP contribution < -0.4 is 0 Å². The molecule has 0 heterocycles. The number of rotatable bonds is 8. The number of hydrogen-bond donors (Lipinski definition) is 0. The number of allylic oxidation sites excluding steroid dienone is 2. The fraction of sp³-hybridized carbons (Fsp3) is 0.391. The molecule has 0 aliphatic heterocycles. The van der Waals surface area contributed by atoms with Gasteiger partial charge in [-0.15, -0.1) is 0 Å². The molecule has 0 saturated carbocycles. The van der Waals surface area contributed by atoms with Crippen LogP contribution in [0.1, 0.15) is 116 Å². The van der Waals surface area contributed by atoms with Gasteiger partial charge in [-0.3, -0.25) is 0 Å². The standard InChI is InChI=1S/C24H29.C20H21.C2H7Si.2ClH.Zr/c1-6-8-17(2)20-15-19-9-7-10-22(23(19)16-20)18-11-13-21(14-12-18)24(3,4)5;1-14-12-16-6-5-7-18(19(16)13-14)15-8-10-17(11-9-15)20(2,3)4;1-3-2;;;/h7,9-17H,6,8H2,1-5H3;5-13H,1-4H3;3H,1-2H3;2*1H;/q;;;;;+2/p-2. The first-order valence-corrected chi connectivity index (χ1v) is 35.1. The number of hydrogen-bond acceptors (Lipinski definition) is 0. The predicted molar refractivity (Wildman–Crippen MR) is 223 cm³/mol. The van der Waals surface area contributed by atoms with E-state index in [9.17, 15) is 0 Å². The Hall–Kier alpha value is -1.96. The average molecular weight is 800 g/mol. The van der Waals surface area contributed by atoms with Gasteiger partial charge >= 0.3 is 315 Å². The molecule has 2 aliphatic rings. The molecule has 0 amide bonds. The maximum atomic E-state index is 8.73. The van der Waals surface area contributed by atoms with E-state index in [-0.39, 0.29) is 18.1 Å². The Bertz CT molecular complexity index is 1970. The zero-order valence-corrected chi connectivity index (χ0v) is 37.3. The molecule has 0 nitrogen and oxygen atoms in total. The van der Waals surface area contributed by atoms with Gasteiger partial charge in [0.2, 0.25) is 0 Å². The van der Waals surface area contributed by atoms with Gasteiger partial charge < -0.3 is 0 Å². The van der Waals surface area contributed by atoms with E-state index in [4.69, 9.17) is 17.0 Å². The van der Waals surface area contributed by atoms with Gasteiger partial charge in [0, 0.05) is 0 Å². The summed E-state index contributed by atoms with van der Waals surface area (Å²) in [5.74, 6) is -1.24. The summed E-state index contributed by atoms with van der Waals surface area (Å²) in [7, 11) is 17.5. The Kier molecular flexibility index (Phi) is 10.2. The molecule has 3 atom stereocenters. The molecule has 6 rings (SSSR count). The first-order valence-electron chi connectivity index (χ1n) is 18.8. The van der Waals surface area contributed by atoms with Gasteiger partial charge in [0.1, 0.15) is 0 Å². The Morgan fingerprint density at radius 1 is 0.660 bits per heavy atom. The monoisotopic (exact) mass is 797 g/mol. The quantitative estimate of drug-likeness (QED) is 0.156. The van der Waals surface area contributed by atoms with E-state index < -0.39 is 21.5 Å². The van der Waals surface area contributed by atoms with E-state index in [0.717, 1.165) is 12.8 Å². The van der Waals surface area contributed by atoms with Crippen molar-refractivity contribution in [2.24, 2.45) is 5.92 Å². The molecule has 0 N–H and O–H groups in total. The normalized spacial score (nSPS) is 19.0. The molecule has 0 aromatic heterocycles. The summed E-state index contributed by atoms with van der Waals surface area (Å²) in [4.78, 5) is 0. The van der Waals surface area contributed by atoms with E-state index >= 15 is 0 Å². The van der Waals surface area contributed by atoms with Crippen LogP contribution in [0, 0.1) is 5.92 Å². The van der Waals surface area contributed by atoms with Crippen LogP contribution in [0.4, 0.5) is 0 Å². The molecule has 4 aromatic carbocycles. The van der Waals surface area contributed by atoms with Crippen molar-refractivity contribution in [1.82, 2.24) is 0 Å². The van der Waals surface area contributed by atoms with Crippen molar-refractivity contribution in [3.63, 3.8) is 0 Å². The third-order valence-corrected chi connectivity index (χ3v) is 64.0. The summed E-state index contributed by atoms with van der Waals surface area (Å²) in [6, 6.07) is 32.2. The zero-order chi connectivity index (χ0) is 36.4. The van der Waals surface area contributed by atoms with Crippen LogP contribution in [-0.4, -0.2) is 5.92 Å². The summed E-state index contributed by atoms with van der Waals surface area (Å²) < 4.78 is 0.170. The molecule has 2 aliphatic carbocycles. The van der Waals surface area contributed by atoms with Crippen molar-refractivity contribution >= 4 is 35.1 Å². The third-order valence-electron chi connectivity index (χ3n) is 12.0. The summed E-state index contributed by atoms with van der Waals surface area (Å²) in [6.07, 6.45) is 7.24. The second-order valence-corrected chi connectivity index (χ2v) is 60.2. The Morgan fingerprint density at radius 3 is 1.52 bits per heavy atom. The summed E-state index contributed by atoms with van der Waals surface area (Å²) in [5, 5.41) is 0. The van der Waals surface area contributed by atoms with E-state index in [2.05, 4.69) is 172 Å². The Balaban J connectivity index is 1.53. The molecular weight excluding hydrogens is 743 g/mol.